The van der Waals surface area contributed by atoms with Gasteiger partial charge in [-0.15, -0.1) is 6.58 Å². The van der Waals surface area contributed by atoms with Crippen molar-refractivity contribution >= 4 is 55.8 Å². The molecule has 1 heterocycles. The zero-order valence-electron chi connectivity index (χ0n) is 36.9. The Morgan fingerprint density at radius 3 is 2.12 bits per heavy atom. The number of hydrogen-bond acceptors (Lipinski definition) is 2. The van der Waals surface area contributed by atoms with E-state index in [2.05, 4.69) is 219 Å². The number of furan rings is 1. The predicted molar refractivity (Wildman–Crippen MR) is 276 cm³/mol. The van der Waals surface area contributed by atoms with Gasteiger partial charge in [0.1, 0.15) is 11.2 Å². The molecule has 0 saturated heterocycles. The molecule has 2 aliphatic rings. The van der Waals surface area contributed by atoms with Gasteiger partial charge in [-0.1, -0.05) is 159 Å². The topological polar surface area (TPSA) is 16.4 Å². The summed E-state index contributed by atoms with van der Waals surface area (Å²) in [5.74, 6) is 0. The first-order chi connectivity index (χ1) is 31.9. The first-order valence-corrected chi connectivity index (χ1v) is 23.1. The van der Waals surface area contributed by atoms with Gasteiger partial charge in [-0.05, 0) is 152 Å². The number of allylic oxidation sites excluding steroid dienone is 2. The minimum atomic E-state index is -0.108. The van der Waals surface area contributed by atoms with Gasteiger partial charge in [-0.3, -0.25) is 0 Å². The second-order valence-corrected chi connectivity index (χ2v) is 18.3. The van der Waals surface area contributed by atoms with Crippen LogP contribution in [0.5, 0.6) is 0 Å². The lowest BCUT2D eigenvalue weighted by molar-refractivity contribution is 0.662. The number of aryl methyl sites for hydroxylation is 1. The molecule has 0 radical (unpaired) electrons. The van der Waals surface area contributed by atoms with Crippen molar-refractivity contribution in [2.24, 2.45) is 0 Å². The second kappa shape index (κ2) is 15.5. The summed E-state index contributed by atoms with van der Waals surface area (Å²) in [6.45, 7) is 8.76. The minimum absolute atomic E-state index is 0.108. The fraction of sp³-hybridized carbons (Fsp3) is 0.111. The van der Waals surface area contributed by atoms with Gasteiger partial charge < -0.3 is 9.32 Å². The molecule has 0 N–H and O–H groups in total. The maximum Gasteiger partial charge on any atom is 0.143 e. The quantitative estimate of drug-likeness (QED) is 0.135. The Kier molecular flexibility index (Phi) is 9.31. The Morgan fingerprint density at radius 2 is 1.29 bits per heavy atom. The zero-order valence-corrected chi connectivity index (χ0v) is 36.9. The Morgan fingerprint density at radius 1 is 0.585 bits per heavy atom. The largest absolute Gasteiger partial charge is 0.455 e. The molecule has 9 aromatic carbocycles. The Hall–Kier alpha value is -7.68. The highest BCUT2D eigenvalue weighted by Gasteiger charge is 2.37. The molecule has 2 nitrogen and oxygen atoms in total. The highest BCUT2D eigenvalue weighted by atomic mass is 16.3. The van der Waals surface area contributed by atoms with Crippen molar-refractivity contribution in [1.82, 2.24) is 0 Å². The van der Waals surface area contributed by atoms with Crippen LogP contribution in [0.4, 0.5) is 17.1 Å². The van der Waals surface area contributed by atoms with Crippen LogP contribution in [0.15, 0.2) is 205 Å². The molecule has 0 unspecified atom stereocenters. The van der Waals surface area contributed by atoms with E-state index < -0.39 is 0 Å². The highest BCUT2D eigenvalue weighted by Crippen LogP contribution is 2.52. The average molecular weight is 836 g/mol. The summed E-state index contributed by atoms with van der Waals surface area (Å²) in [7, 11) is 0. The summed E-state index contributed by atoms with van der Waals surface area (Å²) in [6, 6.07) is 67.3. The van der Waals surface area contributed by atoms with Crippen molar-refractivity contribution in [3.63, 3.8) is 0 Å². The third-order valence-corrected chi connectivity index (χ3v) is 14.1. The molecule has 12 rings (SSSR count). The molecule has 0 saturated carbocycles. The average Bonchev–Trinajstić information content (AvgIpc) is 3.85. The van der Waals surface area contributed by atoms with Crippen molar-refractivity contribution in [3.05, 3.63) is 229 Å². The highest BCUT2D eigenvalue weighted by molar-refractivity contribution is 6.15. The fourth-order valence-electron chi connectivity index (χ4n) is 11.0. The lowest BCUT2D eigenvalue weighted by atomic mass is 9.79. The van der Waals surface area contributed by atoms with Gasteiger partial charge in [0.05, 0.1) is 5.69 Å². The van der Waals surface area contributed by atoms with Crippen LogP contribution in [-0.4, -0.2) is 0 Å². The van der Waals surface area contributed by atoms with Crippen LogP contribution in [0.1, 0.15) is 54.5 Å². The molecule has 10 aromatic rings. The van der Waals surface area contributed by atoms with E-state index in [1.165, 1.54) is 66.6 Å². The number of nitrogens with zero attached hydrogens (tertiary/aromatic N) is 1. The summed E-state index contributed by atoms with van der Waals surface area (Å²) < 4.78 is 6.57. The molecule has 2 heteroatoms. The van der Waals surface area contributed by atoms with Crippen molar-refractivity contribution in [1.29, 1.82) is 0 Å². The SMILES string of the molecule is C=CCCc1cc(-c2ccc(N(c3ccc(-c4cccc5c4C(C)(C)c4ccccc4-5)cc3)c3ccccc3-c3ccc4oc5c6ccccc6ccc5c4c3)cc2)cc2c1CCC=C2. The third kappa shape index (κ3) is 6.47. The Labute approximate surface area is 381 Å². The van der Waals surface area contributed by atoms with Gasteiger partial charge in [0.25, 0.3) is 0 Å². The number of anilines is 3. The number of hydrogen-bond donors (Lipinski definition) is 0. The molecule has 312 valence electrons. The Bertz CT molecular complexity index is 3530. The van der Waals surface area contributed by atoms with E-state index >= 15 is 0 Å². The van der Waals surface area contributed by atoms with Crippen LogP contribution >= 0.6 is 0 Å². The van der Waals surface area contributed by atoms with Gasteiger partial charge in [-0.25, -0.2) is 0 Å². The van der Waals surface area contributed by atoms with Crippen molar-refractivity contribution in [3.8, 4) is 44.5 Å². The minimum Gasteiger partial charge on any atom is -0.455 e. The lowest BCUT2D eigenvalue weighted by Crippen LogP contribution is -2.16. The van der Waals surface area contributed by atoms with Gasteiger partial charge in [0.15, 0.2) is 0 Å². The van der Waals surface area contributed by atoms with Crippen LogP contribution in [-0.2, 0) is 18.3 Å². The molecule has 0 atom stereocenters. The lowest BCUT2D eigenvalue weighted by Gasteiger charge is -2.29. The molecule has 0 amide bonds. The van der Waals surface area contributed by atoms with Crippen LogP contribution in [0.3, 0.4) is 0 Å². The number of fused-ring (bicyclic) bond motifs is 9. The zero-order chi connectivity index (χ0) is 43.6. The van der Waals surface area contributed by atoms with E-state index in [1.54, 1.807) is 0 Å². The summed E-state index contributed by atoms with van der Waals surface area (Å²) in [5.41, 5.74) is 22.0. The summed E-state index contributed by atoms with van der Waals surface area (Å²) in [6.07, 6.45) is 10.9. The maximum absolute atomic E-state index is 6.57. The van der Waals surface area contributed by atoms with E-state index in [9.17, 15) is 0 Å². The maximum atomic E-state index is 6.57. The second-order valence-electron chi connectivity index (χ2n) is 18.3. The summed E-state index contributed by atoms with van der Waals surface area (Å²) in [5, 5.41) is 4.56. The van der Waals surface area contributed by atoms with E-state index in [0.717, 1.165) is 81.2 Å². The van der Waals surface area contributed by atoms with Gasteiger partial charge in [0.2, 0.25) is 0 Å². The standard InChI is InChI=1S/C63H49NO/c1-4-5-15-44-38-47(39-45-17-7-8-18-50(44)45)41-26-32-48(33-27-41)64(49-34-28-43(29-35-49)52-22-14-23-55-54-21-10-12-24-58(54)63(2,3)61(52)55)59-25-13-11-19-51(59)46-31-37-60-57(40-46)56-36-30-42-16-6-9-20-53(42)62(56)65-60/h4,6-7,9-14,16-17,19-40H,1,5,8,15,18H2,2-3H3. The molecule has 65 heavy (non-hydrogen) atoms. The van der Waals surface area contributed by atoms with E-state index in [0.29, 0.717) is 0 Å². The molecule has 2 aliphatic carbocycles. The molecule has 0 aliphatic heterocycles. The van der Waals surface area contributed by atoms with Crippen molar-refractivity contribution in [2.45, 2.75) is 44.9 Å². The van der Waals surface area contributed by atoms with Crippen molar-refractivity contribution < 1.29 is 4.42 Å². The number of benzene rings is 9. The number of para-hydroxylation sites is 1. The molecular weight excluding hydrogens is 787 g/mol. The first-order valence-electron chi connectivity index (χ1n) is 23.1. The molecular formula is C63H49NO. The van der Waals surface area contributed by atoms with Crippen LogP contribution in [0.2, 0.25) is 0 Å². The van der Waals surface area contributed by atoms with Gasteiger partial charge in [0, 0.05) is 38.5 Å². The molecule has 0 spiro atoms. The van der Waals surface area contributed by atoms with Crippen LogP contribution in [0.25, 0.3) is 83.3 Å². The Balaban J connectivity index is 0.987. The van der Waals surface area contributed by atoms with Crippen molar-refractivity contribution in [2.75, 3.05) is 4.90 Å². The third-order valence-electron chi connectivity index (χ3n) is 14.1. The molecule has 1 aromatic heterocycles. The molecule has 0 bridgehead atoms. The van der Waals surface area contributed by atoms with Gasteiger partial charge in [-0.2, -0.15) is 0 Å². The van der Waals surface area contributed by atoms with Crippen LogP contribution in [0, 0.1) is 0 Å². The monoisotopic (exact) mass is 835 g/mol. The first kappa shape index (κ1) is 39.0. The smallest absolute Gasteiger partial charge is 0.143 e. The van der Waals surface area contributed by atoms with E-state index in [-0.39, 0.29) is 5.41 Å². The van der Waals surface area contributed by atoms with Crippen LogP contribution < -0.4 is 4.90 Å². The van der Waals surface area contributed by atoms with E-state index in [4.69, 9.17) is 4.42 Å². The predicted octanol–water partition coefficient (Wildman–Crippen LogP) is 17.6. The fourth-order valence-corrected chi connectivity index (χ4v) is 11.0. The summed E-state index contributed by atoms with van der Waals surface area (Å²) in [4.78, 5) is 2.42. The molecule has 0 fully saturated rings. The normalized spacial score (nSPS) is 13.5. The van der Waals surface area contributed by atoms with Gasteiger partial charge >= 0.3 is 0 Å². The van der Waals surface area contributed by atoms with E-state index in [1.807, 2.05) is 6.08 Å². The summed E-state index contributed by atoms with van der Waals surface area (Å²) >= 11 is 0. The number of rotatable bonds is 9.